The summed E-state index contributed by atoms with van der Waals surface area (Å²) in [5, 5.41) is 6.95. The van der Waals surface area contributed by atoms with Gasteiger partial charge < -0.3 is 19.6 Å². The third kappa shape index (κ3) is 4.25. The number of benzene rings is 1. The highest BCUT2D eigenvalue weighted by molar-refractivity contribution is 5.77. The second-order valence-electron chi connectivity index (χ2n) is 6.38. The first-order chi connectivity index (χ1) is 13.8. The quantitative estimate of drug-likeness (QED) is 0.690. The zero-order valence-corrected chi connectivity index (χ0v) is 15.4. The molecule has 3 heterocycles. The summed E-state index contributed by atoms with van der Waals surface area (Å²) in [6.07, 6.45) is 3.83. The summed E-state index contributed by atoms with van der Waals surface area (Å²) in [7, 11) is 0. The number of nitrogens with zero attached hydrogens (tertiary/aromatic N) is 6. The number of anilines is 2. The van der Waals surface area contributed by atoms with Gasteiger partial charge in [0.2, 0.25) is 11.9 Å². The largest absolute Gasteiger partial charge is 0.351 e. The molecule has 1 fully saturated rings. The minimum Gasteiger partial charge on any atom is -0.351 e. The molecular formula is C19H21N7O2. The van der Waals surface area contributed by atoms with Crippen molar-refractivity contribution < 1.29 is 9.32 Å². The monoisotopic (exact) mass is 379 g/mol. The van der Waals surface area contributed by atoms with Crippen LogP contribution in [0.3, 0.4) is 0 Å². The summed E-state index contributed by atoms with van der Waals surface area (Å²) in [6, 6.07) is 11.4. The SMILES string of the molecule is O=C(CCNc1noc(-c2ccccc2)n1)N1CCN(c2ncccn2)CC1. The first kappa shape index (κ1) is 17.9. The average molecular weight is 379 g/mol. The van der Waals surface area contributed by atoms with Crippen LogP contribution in [-0.4, -0.2) is 63.6 Å². The van der Waals surface area contributed by atoms with Crippen LogP contribution in [0.1, 0.15) is 6.42 Å². The van der Waals surface area contributed by atoms with Gasteiger partial charge in [0.25, 0.3) is 11.8 Å². The van der Waals surface area contributed by atoms with Crippen molar-refractivity contribution in [2.75, 3.05) is 42.9 Å². The van der Waals surface area contributed by atoms with Gasteiger partial charge in [-0.15, -0.1) is 0 Å². The Balaban J connectivity index is 1.22. The fourth-order valence-electron chi connectivity index (χ4n) is 3.04. The molecule has 1 amide bonds. The minimum absolute atomic E-state index is 0.105. The van der Waals surface area contributed by atoms with Crippen LogP contribution < -0.4 is 10.2 Å². The smallest absolute Gasteiger partial charge is 0.263 e. The third-order valence-corrected chi connectivity index (χ3v) is 4.54. The van der Waals surface area contributed by atoms with Crippen molar-refractivity contribution in [3.63, 3.8) is 0 Å². The van der Waals surface area contributed by atoms with Gasteiger partial charge >= 0.3 is 0 Å². The van der Waals surface area contributed by atoms with E-state index in [1.54, 1.807) is 18.5 Å². The summed E-state index contributed by atoms with van der Waals surface area (Å²) < 4.78 is 5.24. The van der Waals surface area contributed by atoms with E-state index in [1.807, 2.05) is 35.2 Å². The predicted molar refractivity (Wildman–Crippen MR) is 104 cm³/mol. The van der Waals surface area contributed by atoms with Crippen LogP contribution >= 0.6 is 0 Å². The summed E-state index contributed by atoms with van der Waals surface area (Å²) in [6.45, 7) is 3.24. The first-order valence-corrected chi connectivity index (χ1v) is 9.22. The lowest BCUT2D eigenvalue weighted by atomic mass is 10.2. The number of hydrogen-bond donors (Lipinski definition) is 1. The Morgan fingerprint density at radius 1 is 1.04 bits per heavy atom. The van der Waals surface area contributed by atoms with E-state index in [0.717, 1.165) is 18.7 Å². The summed E-state index contributed by atoms with van der Waals surface area (Å²) in [5.74, 6) is 1.65. The maximum Gasteiger partial charge on any atom is 0.263 e. The Labute approximate surface area is 162 Å². The molecule has 9 nitrogen and oxygen atoms in total. The highest BCUT2D eigenvalue weighted by atomic mass is 16.5. The maximum absolute atomic E-state index is 12.4. The van der Waals surface area contributed by atoms with Gasteiger partial charge in [-0.05, 0) is 23.4 Å². The van der Waals surface area contributed by atoms with Gasteiger partial charge in [0.05, 0.1) is 0 Å². The van der Waals surface area contributed by atoms with Gasteiger partial charge in [-0.3, -0.25) is 4.79 Å². The van der Waals surface area contributed by atoms with Crippen molar-refractivity contribution in [2.24, 2.45) is 0 Å². The Hall–Kier alpha value is -3.49. The molecule has 0 bridgehead atoms. The van der Waals surface area contributed by atoms with Crippen LogP contribution in [0.5, 0.6) is 0 Å². The molecule has 1 aromatic carbocycles. The number of aromatic nitrogens is 4. The molecule has 9 heteroatoms. The Bertz CT molecular complexity index is 893. The molecule has 4 rings (SSSR count). The highest BCUT2D eigenvalue weighted by Crippen LogP contribution is 2.17. The van der Waals surface area contributed by atoms with Gasteiger partial charge in [0, 0.05) is 57.1 Å². The minimum atomic E-state index is 0.105. The molecule has 3 aromatic rings. The molecule has 0 aliphatic carbocycles. The van der Waals surface area contributed by atoms with E-state index in [0.29, 0.717) is 43.8 Å². The van der Waals surface area contributed by atoms with E-state index < -0.39 is 0 Å². The van der Waals surface area contributed by atoms with Crippen LogP contribution in [0.4, 0.5) is 11.9 Å². The van der Waals surface area contributed by atoms with Crippen LogP contribution in [0, 0.1) is 0 Å². The molecule has 1 saturated heterocycles. The van der Waals surface area contributed by atoms with E-state index in [2.05, 4.69) is 30.3 Å². The fraction of sp³-hybridized carbons (Fsp3) is 0.316. The summed E-state index contributed by atoms with van der Waals surface area (Å²) >= 11 is 0. The van der Waals surface area contributed by atoms with Crippen molar-refractivity contribution in [1.82, 2.24) is 25.0 Å². The van der Waals surface area contributed by atoms with Crippen LogP contribution in [0.15, 0.2) is 53.3 Å². The van der Waals surface area contributed by atoms with Crippen LogP contribution in [0.2, 0.25) is 0 Å². The van der Waals surface area contributed by atoms with E-state index in [1.165, 1.54) is 0 Å². The van der Waals surface area contributed by atoms with Crippen LogP contribution in [0.25, 0.3) is 11.5 Å². The zero-order valence-electron chi connectivity index (χ0n) is 15.4. The summed E-state index contributed by atoms with van der Waals surface area (Å²) in [5.41, 5.74) is 0.861. The van der Waals surface area contributed by atoms with Gasteiger partial charge in [-0.2, -0.15) is 4.98 Å². The molecule has 0 radical (unpaired) electrons. The maximum atomic E-state index is 12.4. The number of nitrogens with one attached hydrogen (secondary N) is 1. The number of carbonyl (C=O) groups is 1. The van der Waals surface area contributed by atoms with Gasteiger partial charge in [0.15, 0.2) is 0 Å². The first-order valence-electron chi connectivity index (χ1n) is 9.22. The molecule has 0 atom stereocenters. The van der Waals surface area contributed by atoms with Crippen molar-refractivity contribution in [3.05, 3.63) is 48.8 Å². The normalized spacial score (nSPS) is 14.1. The second-order valence-corrected chi connectivity index (χ2v) is 6.38. The average Bonchev–Trinajstić information content (AvgIpc) is 3.24. The van der Waals surface area contributed by atoms with Crippen molar-refractivity contribution in [1.29, 1.82) is 0 Å². The zero-order chi connectivity index (χ0) is 19.2. The topological polar surface area (TPSA) is 100 Å². The Morgan fingerprint density at radius 2 is 1.79 bits per heavy atom. The molecule has 0 unspecified atom stereocenters. The molecule has 28 heavy (non-hydrogen) atoms. The number of hydrogen-bond acceptors (Lipinski definition) is 8. The molecular weight excluding hydrogens is 358 g/mol. The Morgan fingerprint density at radius 3 is 2.54 bits per heavy atom. The lowest BCUT2D eigenvalue weighted by Gasteiger charge is -2.34. The lowest BCUT2D eigenvalue weighted by Crippen LogP contribution is -2.49. The van der Waals surface area contributed by atoms with E-state index in [4.69, 9.17) is 4.52 Å². The number of carbonyl (C=O) groups excluding carboxylic acids is 1. The molecule has 0 spiro atoms. The molecule has 1 aliphatic rings. The molecule has 0 saturated carbocycles. The van der Waals surface area contributed by atoms with Crippen molar-refractivity contribution in [3.8, 4) is 11.5 Å². The van der Waals surface area contributed by atoms with E-state index in [-0.39, 0.29) is 5.91 Å². The van der Waals surface area contributed by atoms with Gasteiger partial charge in [-0.25, -0.2) is 9.97 Å². The van der Waals surface area contributed by atoms with E-state index >= 15 is 0 Å². The predicted octanol–water partition coefficient (Wildman–Crippen LogP) is 1.68. The molecule has 1 aliphatic heterocycles. The second kappa shape index (κ2) is 8.47. The van der Waals surface area contributed by atoms with Gasteiger partial charge in [-0.1, -0.05) is 18.2 Å². The molecule has 1 N–H and O–H groups in total. The van der Waals surface area contributed by atoms with Crippen molar-refractivity contribution >= 4 is 17.8 Å². The van der Waals surface area contributed by atoms with Gasteiger partial charge in [0.1, 0.15) is 0 Å². The molecule has 144 valence electrons. The van der Waals surface area contributed by atoms with Crippen molar-refractivity contribution in [2.45, 2.75) is 6.42 Å². The number of amides is 1. The number of rotatable bonds is 6. The standard InChI is InChI=1S/C19H21N7O2/c27-16(25-11-13-26(14-12-25)19-21-8-4-9-22-19)7-10-20-18-23-17(28-24-18)15-5-2-1-3-6-15/h1-6,8-9H,7,10-14H2,(H,20,24). The Kier molecular flexibility index (Phi) is 5.41. The fourth-order valence-corrected chi connectivity index (χ4v) is 3.04. The number of piperazine rings is 1. The van der Waals surface area contributed by atoms with E-state index in [9.17, 15) is 4.79 Å². The molecule has 2 aromatic heterocycles. The van der Waals surface area contributed by atoms with Crippen LogP contribution in [-0.2, 0) is 4.79 Å². The third-order valence-electron chi connectivity index (χ3n) is 4.54. The highest BCUT2D eigenvalue weighted by Gasteiger charge is 2.22. The summed E-state index contributed by atoms with van der Waals surface area (Å²) in [4.78, 5) is 29.2. The lowest BCUT2D eigenvalue weighted by molar-refractivity contribution is -0.131.